The maximum absolute atomic E-state index is 14.0. The van der Waals surface area contributed by atoms with Crippen molar-refractivity contribution in [3.8, 4) is 22.4 Å². The minimum absolute atomic E-state index is 0.0385. The van der Waals surface area contributed by atoms with Crippen LogP contribution in [0.3, 0.4) is 0 Å². The Morgan fingerprint density at radius 1 is 1.03 bits per heavy atom. The monoisotopic (exact) mass is 580 g/mol. The fraction of sp³-hybridized carbons (Fsp3) is 0.480. The van der Waals surface area contributed by atoms with E-state index in [1.807, 2.05) is 19.2 Å². The van der Waals surface area contributed by atoms with Crippen LogP contribution in [0.15, 0.2) is 42.7 Å². The first-order valence-electron chi connectivity index (χ1n) is 11.3. The molecule has 0 bridgehead atoms. The van der Waals surface area contributed by atoms with Crippen molar-refractivity contribution in [3.63, 3.8) is 0 Å². The Morgan fingerprint density at radius 2 is 1.71 bits per heavy atom. The Balaban J connectivity index is 1.60. The highest BCUT2D eigenvalue weighted by Crippen LogP contribution is 2.43. The van der Waals surface area contributed by atoms with Gasteiger partial charge in [-0.15, -0.1) is 10.2 Å². The highest BCUT2D eigenvalue weighted by atomic mass is 127. The van der Waals surface area contributed by atoms with Gasteiger partial charge in [-0.1, -0.05) is 12.1 Å². The lowest BCUT2D eigenvalue weighted by Crippen LogP contribution is -2.60. The lowest BCUT2D eigenvalue weighted by Gasteiger charge is -2.53. The van der Waals surface area contributed by atoms with Gasteiger partial charge in [0.05, 0.1) is 11.9 Å². The van der Waals surface area contributed by atoms with Crippen molar-refractivity contribution >= 4 is 28.7 Å². The number of hydrogen-bond acceptors (Lipinski definition) is 5. The summed E-state index contributed by atoms with van der Waals surface area (Å²) in [7, 11) is 3.84. The van der Waals surface area contributed by atoms with Gasteiger partial charge >= 0.3 is 0 Å². The van der Waals surface area contributed by atoms with Gasteiger partial charge in [0.1, 0.15) is 0 Å². The van der Waals surface area contributed by atoms with Crippen LogP contribution in [0.2, 0.25) is 0 Å². The van der Waals surface area contributed by atoms with Crippen molar-refractivity contribution in [2.75, 3.05) is 11.9 Å². The second kappa shape index (κ2) is 9.14. The molecule has 0 amide bonds. The molecule has 0 radical (unpaired) electrons. The molecule has 0 unspecified atom stereocenters. The molecule has 2 aromatic heterocycles. The van der Waals surface area contributed by atoms with Gasteiger partial charge in [0, 0.05) is 77.0 Å². The second-order valence-electron chi connectivity index (χ2n) is 10.4. The predicted octanol–water partition coefficient (Wildman–Crippen LogP) is 6.29. The minimum Gasteiger partial charge on any atom is -0.355 e. The molecule has 0 saturated carbocycles. The van der Waals surface area contributed by atoms with Crippen LogP contribution in [0, 0.1) is 0 Å². The van der Waals surface area contributed by atoms with E-state index in [4.69, 9.17) is 0 Å². The number of benzene rings is 1. The van der Waals surface area contributed by atoms with Gasteiger partial charge in [-0.25, -0.2) is 11.9 Å². The van der Waals surface area contributed by atoms with E-state index in [2.05, 4.69) is 73.9 Å². The summed E-state index contributed by atoms with van der Waals surface area (Å²) in [5.41, 5.74) is 2.34. The fourth-order valence-electron chi connectivity index (χ4n) is 5.05. The Bertz CT molecular complexity index is 1140. The molecule has 0 N–H and O–H groups in total. The predicted molar refractivity (Wildman–Crippen MR) is 140 cm³/mol. The first-order valence-corrected chi connectivity index (χ1v) is 12.3. The van der Waals surface area contributed by atoms with Crippen molar-refractivity contribution in [2.45, 2.75) is 64.1 Å². The maximum Gasteiger partial charge on any atom is 0.264 e. The smallest absolute Gasteiger partial charge is 0.264 e. The summed E-state index contributed by atoms with van der Waals surface area (Å²) in [6.45, 7) is 9.04. The third kappa shape index (κ3) is 4.82. The molecule has 0 aliphatic carbocycles. The van der Waals surface area contributed by atoms with E-state index in [-0.39, 0.29) is 16.6 Å². The normalized spacial score (nSPS) is 18.4. The summed E-state index contributed by atoms with van der Waals surface area (Å²) in [5, 5.41) is 12.9. The molecule has 4 rings (SSSR count). The average molecular weight is 580 g/mol. The van der Waals surface area contributed by atoms with Crippen LogP contribution < -0.4 is 4.90 Å². The summed E-state index contributed by atoms with van der Waals surface area (Å²) < 4.78 is 32.0. The van der Waals surface area contributed by atoms with Crippen molar-refractivity contribution in [1.29, 1.82) is 0 Å². The van der Waals surface area contributed by atoms with E-state index in [9.17, 15) is 8.78 Å². The second-order valence-corrected chi connectivity index (χ2v) is 11.3. The molecular formula is C25H31F2IN6. The van der Waals surface area contributed by atoms with E-state index >= 15 is 0 Å². The fourth-order valence-corrected chi connectivity index (χ4v) is 5.44. The molecule has 34 heavy (non-hydrogen) atoms. The molecule has 0 spiro atoms. The Kier molecular flexibility index (Phi) is 6.71. The van der Waals surface area contributed by atoms with Gasteiger partial charge in [-0.2, -0.15) is 5.10 Å². The van der Waals surface area contributed by atoms with Gasteiger partial charge in [-0.05, 0) is 64.3 Å². The average Bonchev–Trinajstić information content (AvgIpc) is 3.22. The summed E-state index contributed by atoms with van der Waals surface area (Å²) >= 11 is 2.44. The van der Waals surface area contributed by atoms with Crippen LogP contribution in [0.4, 0.5) is 14.6 Å². The molecule has 0 atom stereocenters. The van der Waals surface area contributed by atoms with Crippen molar-refractivity contribution in [2.24, 2.45) is 7.05 Å². The van der Waals surface area contributed by atoms with Crippen LogP contribution in [0.25, 0.3) is 22.4 Å². The van der Waals surface area contributed by atoms with Crippen LogP contribution in [0.5, 0.6) is 0 Å². The molecule has 1 saturated heterocycles. The number of piperidine rings is 1. The molecule has 1 aliphatic heterocycles. The molecule has 3 heterocycles. The third-order valence-electron chi connectivity index (χ3n) is 6.69. The topological polar surface area (TPSA) is 50.1 Å². The molecule has 6 nitrogen and oxygen atoms in total. The van der Waals surface area contributed by atoms with Gasteiger partial charge in [-0.3, -0.25) is 4.68 Å². The van der Waals surface area contributed by atoms with E-state index in [0.717, 1.165) is 24.2 Å². The molecule has 182 valence electrons. The Morgan fingerprint density at radius 3 is 2.24 bits per heavy atom. The van der Waals surface area contributed by atoms with E-state index in [1.54, 1.807) is 36.3 Å². The maximum atomic E-state index is 14.0. The van der Waals surface area contributed by atoms with E-state index in [0.29, 0.717) is 22.9 Å². The standard InChI is InChI=1S/C25H31F2IN6/c1-24(2)12-18(13-25(3,4)34(24)28)33(6)22-10-9-21(30-31-22)19-8-7-16(11-20(19)23(26)27)17-14-29-32(5)15-17/h7-11,14-15,18,23H,12-13H2,1-6H3. The third-order valence-corrected chi connectivity index (χ3v) is 9.31. The van der Waals surface area contributed by atoms with Gasteiger partial charge in [0.25, 0.3) is 6.43 Å². The van der Waals surface area contributed by atoms with Crippen molar-refractivity contribution in [1.82, 2.24) is 23.1 Å². The van der Waals surface area contributed by atoms with Crippen LogP contribution >= 0.6 is 22.9 Å². The lowest BCUT2D eigenvalue weighted by molar-refractivity contribution is 0.0722. The Labute approximate surface area is 213 Å². The zero-order valence-corrected chi connectivity index (χ0v) is 22.6. The highest BCUT2D eigenvalue weighted by molar-refractivity contribution is 14.1. The summed E-state index contributed by atoms with van der Waals surface area (Å²) in [5.74, 6) is 0.743. The number of alkyl halides is 2. The largest absolute Gasteiger partial charge is 0.355 e. The Hall–Kier alpha value is -2.14. The summed E-state index contributed by atoms with van der Waals surface area (Å²) in [6, 6.07) is 8.99. The number of anilines is 1. The first-order chi connectivity index (χ1) is 15.9. The molecule has 1 aliphatic rings. The van der Waals surface area contributed by atoms with Gasteiger partial charge in [0.2, 0.25) is 0 Å². The molecule has 1 aromatic carbocycles. The number of hydrogen-bond donors (Lipinski definition) is 0. The number of aryl methyl sites for hydroxylation is 1. The first kappa shape index (κ1) is 25.0. The van der Waals surface area contributed by atoms with Gasteiger partial charge < -0.3 is 4.90 Å². The highest BCUT2D eigenvalue weighted by Gasteiger charge is 2.45. The number of halogens is 3. The van der Waals surface area contributed by atoms with Gasteiger partial charge in [0.15, 0.2) is 5.82 Å². The van der Waals surface area contributed by atoms with Crippen LogP contribution in [-0.2, 0) is 7.05 Å². The zero-order valence-electron chi connectivity index (χ0n) is 20.4. The minimum atomic E-state index is -2.63. The van der Waals surface area contributed by atoms with Crippen LogP contribution in [0.1, 0.15) is 52.5 Å². The SMILES string of the molecule is CN(c1ccc(-c2ccc(-c3cnn(C)c3)cc2C(F)F)nn1)C1CC(C)(C)N(I)C(C)(C)C1. The molecule has 3 aromatic rings. The molecule has 9 heteroatoms. The number of aromatic nitrogens is 4. The van der Waals surface area contributed by atoms with Crippen LogP contribution in [-0.4, -0.2) is 47.3 Å². The number of rotatable bonds is 5. The van der Waals surface area contributed by atoms with E-state index in [1.165, 1.54) is 6.07 Å². The summed E-state index contributed by atoms with van der Waals surface area (Å²) in [4.78, 5) is 2.17. The lowest BCUT2D eigenvalue weighted by atomic mass is 9.79. The molecular weight excluding hydrogens is 549 g/mol. The quantitative estimate of drug-likeness (QED) is 0.262. The summed E-state index contributed by atoms with van der Waals surface area (Å²) in [6.07, 6.45) is 2.83. The van der Waals surface area contributed by atoms with E-state index < -0.39 is 6.43 Å². The molecule has 1 fully saturated rings. The number of nitrogens with zero attached hydrogens (tertiary/aromatic N) is 6. The zero-order chi connectivity index (χ0) is 24.8. The van der Waals surface area contributed by atoms with Crippen molar-refractivity contribution in [3.05, 3.63) is 48.3 Å². The van der Waals surface area contributed by atoms with Crippen molar-refractivity contribution < 1.29 is 8.78 Å².